The minimum atomic E-state index is 0.206. The monoisotopic (exact) mass is 132 g/mol. The highest BCUT2D eigenvalue weighted by molar-refractivity contribution is 7.99. The van der Waals surface area contributed by atoms with Gasteiger partial charge in [0.15, 0.2) is 0 Å². The maximum Gasteiger partial charge on any atom is 0.208 e. The molecule has 0 radical (unpaired) electrons. The summed E-state index contributed by atoms with van der Waals surface area (Å²) in [5, 5.41) is 5.71. The number of carbonyl (C=O) groups excluding carboxylic acids is 1. The summed E-state index contributed by atoms with van der Waals surface area (Å²) in [6.07, 6.45) is 0.932. The third kappa shape index (κ3) is 1.38. The van der Waals surface area contributed by atoms with Gasteiger partial charge in [0, 0.05) is 11.6 Å². The standard InChI is InChI=1S/C4H8N2OS/c7-2-5-4-1-8-3-6-4/h2,4,6H,1,3H2,(H,5,7). The molecule has 1 aliphatic rings. The Hall–Kier alpha value is -0.220. The minimum Gasteiger partial charge on any atom is -0.342 e. The van der Waals surface area contributed by atoms with Gasteiger partial charge in [-0.2, -0.15) is 0 Å². The van der Waals surface area contributed by atoms with Crippen LogP contribution in [0.25, 0.3) is 0 Å². The fourth-order valence-electron chi connectivity index (χ4n) is 0.584. The van der Waals surface area contributed by atoms with Crippen molar-refractivity contribution in [3.63, 3.8) is 0 Å². The van der Waals surface area contributed by atoms with Crippen molar-refractivity contribution >= 4 is 18.2 Å². The lowest BCUT2D eigenvalue weighted by molar-refractivity contribution is -0.110. The van der Waals surface area contributed by atoms with Gasteiger partial charge in [0.1, 0.15) is 0 Å². The summed E-state index contributed by atoms with van der Waals surface area (Å²) in [5.74, 6) is 1.93. The van der Waals surface area contributed by atoms with Gasteiger partial charge in [-0.25, -0.2) is 0 Å². The van der Waals surface area contributed by atoms with Crippen molar-refractivity contribution in [1.82, 2.24) is 10.6 Å². The third-order valence-electron chi connectivity index (χ3n) is 0.986. The smallest absolute Gasteiger partial charge is 0.208 e. The number of hydrogen-bond acceptors (Lipinski definition) is 3. The first-order valence-electron chi connectivity index (χ1n) is 2.44. The van der Waals surface area contributed by atoms with E-state index in [0.29, 0.717) is 0 Å². The molecule has 3 nitrogen and oxygen atoms in total. The van der Waals surface area contributed by atoms with Crippen LogP contribution in [0, 0.1) is 0 Å². The van der Waals surface area contributed by atoms with Crippen molar-refractivity contribution in [2.45, 2.75) is 6.17 Å². The van der Waals surface area contributed by atoms with Crippen molar-refractivity contribution < 1.29 is 4.79 Å². The summed E-state index contributed by atoms with van der Waals surface area (Å²) in [6, 6.07) is 0. The zero-order valence-electron chi connectivity index (χ0n) is 4.39. The van der Waals surface area contributed by atoms with E-state index in [0.717, 1.165) is 18.0 Å². The molecule has 1 rings (SSSR count). The second kappa shape index (κ2) is 2.94. The molecule has 46 valence electrons. The van der Waals surface area contributed by atoms with Crippen molar-refractivity contribution in [1.29, 1.82) is 0 Å². The minimum absolute atomic E-state index is 0.206. The van der Waals surface area contributed by atoms with Crippen molar-refractivity contribution in [3.05, 3.63) is 0 Å². The van der Waals surface area contributed by atoms with Gasteiger partial charge in [0.2, 0.25) is 6.41 Å². The molecule has 0 aromatic carbocycles. The van der Waals surface area contributed by atoms with Crippen molar-refractivity contribution in [2.75, 3.05) is 11.6 Å². The first kappa shape index (κ1) is 5.91. The Kier molecular flexibility index (Phi) is 2.17. The topological polar surface area (TPSA) is 41.1 Å². The van der Waals surface area contributed by atoms with E-state index in [-0.39, 0.29) is 6.17 Å². The van der Waals surface area contributed by atoms with Gasteiger partial charge < -0.3 is 5.32 Å². The number of hydrogen-bond donors (Lipinski definition) is 2. The summed E-state index contributed by atoms with van der Waals surface area (Å²) in [5.41, 5.74) is 0. The van der Waals surface area contributed by atoms with Crippen LogP contribution in [0.5, 0.6) is 0 Å². The predicted molar refractivity (Wildman–Crippen MR) is 33.4 cm³/mol. The van der Waals surface area contributed by atoms with Crippen LogP contribution < -0.4 is 10.6 Å². The van der Waals surface area contributed by atoms with Crippen molar-refractivity contribution in [2.24, 2.45) is 0 Å². The van der Waals surface area contributed by atoms with Gasteiger partial charge >= 0.3 is 0 Å². The Bertz CT molecular complexity index is 82.1. The number of rotatable bonds is 2. The molecular weight excluding hydrogens is 124 g/mol. The highest BCUT2D eigenvalue weighted by Gasteiger charge is 2.11. The molecule has 1 heterocycles. The fraction of sp³-hybridized carbons (Fsp3) is 0.750. The van der Waals surface area contributed by atoms with E-state index in [9.17, 15) is 4.79 Å². The molecule has 0 aromatic heterocycles. The molecular formula is C4H8N2OS. The second-order valence-electron chi connectivity index (χ2n) is 1.56. The lowest BCUT2D eigenvalue weighted by Crippen LogP contribution is -2.38. The molecule has 0 spiro atoms. The molecule has 0 aliphatic carbocycles. The highest BCUT2D eigenvalue weighted by Crippen LogP contribution is 2.05. The summed E-state index contributed by atoms with van der Waals surface area (Å²) < 4.78 is 0. The zero-order valence-corrected chi connectivity index (χ0v) is 5.20. The summed E-state index contributed by atoms with van der Waals surface area (Å²) >= 11 is 1.79. The van der Waals surface area contributed by atoms with Gasteiger partial charge in [-0.15, -0.1) is 11.8 Å². The summed E-state index contributed by atoms with van der Waals surface area (Å²) in [6.45, 7) is 0. The van der Waals surface area contributed by atoms with E-state index < -0.39 is 0 Å². The Morgan fingerprint density at radius 3 is 3.25 bits per heavy atom. The van der Waals surface area contributed by atoms with Gasteiger partial charge in [-0.3, -0.25) is 10.1 Å². The lowest BCUT2D eigenvalue weighted by Gasteiger charge is -2.04. The van der Waals surface area contributed by atoms with E-state index >= 15 is 0 Å². The average Bonchev–Trinajstić information content (AvgIpc) is 2.19. The number of nitrogens with one attached hydrogen (secondary N) is 2. The van der Waals surface area contributed by atoms with Crippen LogP contribution in [-0.4, -0.2) is 24.2 Å². The van der Waals surface area contributed by atoms with Crippen LogP contribution >= 0.6 is 11.8 Å². The molecule has 0 saturated carbocycles. The zero-order chi connectivity index (χ0) is 5.82. The Labute approximate surface area is 52.2 Å². The number of thioether (sulfide) groups is 1. The SMILES string of the molecule is O=CNC1CSCN1. The Morgan fingerprint density at radius 1 is 1.88 bits per heavy atom. The van der Waals surface area contributed by atoms with Crippen LogP contribution in [-0.2, 0) is 4.79 Å². The van der Waals surface area contributed by atoms with E-state index in [1.807, 2.05) is 0 Å². The molecule has 1 atom stereocenters. The summed E-state index contributed by atoms with van der Waals surface area (Å²) in [4.78, 5) is 9.80. The summed E-state index contributed by atoms with van der Waals surface area (Å²) in [7, 11) is 0. The molecule has 2 N–H and O–H groups in total. The quantitative estimate of drug-likeness (QED) is 0.491. The Balaban J connectivity index is 2.14. The average molecular weight is 132 g/mol. The molecule has 1 unspecified atom stereocenters. The van der Waals surface area contributed by atoms with Crippen LogP contribution in [0.1, 0.15) is 0 Å². The van der Waals surface area contributed by atoms with E-state index in [4.69, 9.17) is 0 Å². The first-order valence-corrected chi connectivity index (χ1v) is 3.60. The lowest BCUT2D eigenvalue weighted by atomic mass is 10.6. The number of amides is 1. The van der Waals surface area contributed by atoms with Gasteiger partial charge in [-0.1, -0.05) is 0 Å². The molecule has 0 aromatic rings. The predicted octanol–water partition coefficient (Wildman–Crippen LogP) is -0.648. The van der Waals surface area contributed by atoms with Gasteiger partial charge in [0.25, 0.3) is 0 Å². The number of carbonyl (C=O) groups is 1. The molecule has 1 saturated heterocycles. The van der Waals surface area contributed by atoms with E-state index in [2.05, 4.69) is 10.6 Å². The maximum absolute atomic E-state index is 9.80. The van der Waals surface area contributed by atoms with Crippen LogP contribution in [0.4, 0.5) is 0 Å². The Morgan fingerprint density at radius 2 is 2.75 bits per heavy atom. The highest BCUT2D eigenvalue weighted by atomic mass is 32.2. The van der Waals surface area contributed by atoms with Gasteiger partial charge in [0.05, 0.1) is 6.17 Å². The molecule has 1 amide bonds. The molecule has 1 fully saturated rings. The molecule has 1 aliphatic heterocycles. The normalized spacial score (nSPS) is 27.8. The van der Waals surface area contributed by atoms with Crippen LogP contribution in [0.2, 0.25) is 0 Å². The third-order valence-corrected chi connectivity index (χ3v) is 1.93. The van der Waals surface area contributed by atoms with Crippen molar-refractivity contribution in [3.8, 4) is 0 Å². The first-order chi connectivity index (χ1) is 3.93. The van der Waals surface area contributed by atoms with Crippen LogP contribution in [0.15, 0.2) is 0 Å². The van der Waals surface area contributed by atoms with Gasteiger partial charge in [-0.05, 0) is 0 Å². The van der Waals surface area contributed by atoms with E-state index in [1.165, 1.54) is 0 Å². The molecule has 4 heteroatoms. The molecule has 8 heavy (non-hydrogen) atoms. The van der Waals surface area contributed by atoms with E-state index in [1.54, 1.807) is 11.8 Å². The van der Waals surface area contributed by atoms with Crippen LogP contribution in [0.3, 0.4) is 0 Å². The molecule has 0 bridgehead atoms. The largest absolute Gasteiger partial charge is 0.342 e. The second-order valence-corrected chi connectivity index (χ2v) is 2.59. The maximum atomic E-state index is 9.80. The fourth-order valence-corrected chi connectivity index (χ4v) is 1.47.